The van der Waals surface area contributed by atoms with Gasteiger partial charge in [0.1, 0.15) is 12.7 Å². The van der Waals surface area contributed by atoms with Crippen molar-refractivity contribution in [3.8, 4) is 0 Å². The molecule has 0 spiro atoms. The van der Waals surface area contributed by atoms with Gasteiger partial charge in [-0.05, 0) is 38.5 Å². The number of unbranched alkanes of at least 4 members (excludes halogenated alkanes) is 10. The lowest BCUT2D eigenvalue weighted by Gasteiger charge is -2.15. The molecule has 0 aliphatic carbocycles. The summed E-state index contributed by atoms with van der Waals surface area (Å²) in [7, 11) is -4.37. The second-order valence-electron chi connectivity index (χ2n) is 9.33. The summed E-state index contributed by atoms with van der Waals surface area (Å²) in [4.78, 5) is 32.5. The summed E-state index contributed by atoms with van der Waals surface area (Å²) in [5.74, 6) is -0.618. The minimum Gasteiger partial charge on any atom is -0.463 e. The quantitative estimate of drug-likeness (QED) is 0.0496. The third kappa shape index (κ3) is 26.1. The number of hydrogen-bond acceptors (Lipinski definition) is 7. The number of hydrogen-bond donors (Lipinski definition) is 3. The molecule has 0 aromatic rings. The highest BCUT2D eigenvalue weighted by atomic mass is 31.2. The molecule has 0 rings (SSSR count). The van der Waals surface area contributed by atoms with Crippen LogP contribution in [0.15, 0.2) is 24.3 Å². The molecule has 3 N–H and O–H groups in total. The maximum atomic E-state index is 11.8. The topological polar surface area (TPSA) is 131 Å². The molecule has 0 aromatic heterocycles. The van der Waals surface area contributed by atoms with Crippen LogP contribution in [0.4, 0.5) is 0 Å². The van der Waals surface area contributed by atoms with E-state index in [1.165, 1.54) is 44.9 Å². The molecule has 0 saturated heterocycles. The third-order valence-corrected chi connectivity index (χ3v) is 6.68. The molecule has 38 heavy (non-hydrogen) atoms. The number of phosphoric ester groups is 1. The lowest BCUT2D eigenvalue weighted by molar-refractivity contribution is -0.147. The molecule has 222 valence electrons. The SMILES string of the molecule is CCCCC/C=C\C/C=C\CCCCCCCCCC(=O)OCC(O)COP(=O)(O)OCCNC(=O)CC. The fourth-order valence-electron chi connectivity index (χ4n) is 3.44. The summed E-state index contributed by atoms with van der Waals surface area (Å²) >= 11 is 0. The lowest BCUT2D eigenvalue weighted by atomic mass is 10.1. The van der Waals surface area contributed by atoms with Gasteiger partial charge in [0.15, 0.2) is 0 Å². The largest absolute Gasteiger partial charge is 0.472 e. The molecule has 0 radical (unpaired) electrons. The van der Waals surface area contributed by atoms with Gasteiger partial charge in [0.05, 0.1) is 13.2 Å². The Hall–Kier alpha value is -1.51. The molecule has 2 unspecified atom stereocenters. The predicted molar refractivity (Wildman–Crippen MR) is 151 cm³/mol. The smallest absolute Gasteiger partial charge is 0.463 e. The van der Waals surface area contributed by atoms with E-state index in [1.807, 2.05) is 0 Å². The van der Waals surface area contributed by atoms with Crippen LogP contribution in [-0.4, -0.2) is 54.3 Å². The molecular formula is C28H52NO8P. The van der Waals surface area contributed by atoms with Crippen molar-refractivity contribution in [3.63, 3.8) is 0 Å². The molecule has 0 aliphatic heterocycles. The molecule has 0 saturated carbocycles. The van der Waals surface area contributed by atoms with Gasteiger partial charge in [-0.25, -0.2) is 4.57 Å². The van der Waals surface area contributed by atoms with E-state index in [0.717, 1.165) is 38.5 Å². The van der Waals surface area contributed by atoms with Gasteiger partial charge in [-0.15, -0.1) is 0 Å². The van der Waals surface area contributed by atoms with E-state index in [-0.39, 0.29) is 32.1 Å². The highest BCUT2D eigenvalue weighted by Gasteiger charge is 2.23. The summed E-state index contributed by atoms with van der Waals surface area (Å²) < 4.78 is 26.1. The number of ether oxygens (including phenoxy) is 1. The van der Waals surface area contributed by atoms with Crippen LogP contribution < -0.4 is 5.32 Å². The number of nitrogens with one attached hydrogen (secondary N) is 1. The number of aliphatic hydroxyl groups excluding tert-OH is 1. The van der Waals surface area contributed by atoms with Crippen LogP contribution in [0.3, 0.4) is 0 Å². The zero-order chi connectivity index (χ0) is 28.3. The first-order valence-corrected chi connectivity index (χ1v) is 15.8. The van der Waals surface area contributed by atoms with Crippen molar-refractivity contribution in [2.45, 2.75) is 116 Å². The maximum absolute atomic E-state index is 11.8. The predicted octanol–water partition coefficient (Wildman–Crippen LogP) is 6.14. The summed E-state index contributed by atoms with van der Waals surface area (Å²) in [6.45, 7) is 2.92. The monoisotopic (exact) mass is 561 g/mol. The average molecular weight is 562 g/mol. The molecule has 0 heterocycles. The first-order chi connectivity index (χ1) is 18.3. The number of amides is 1. The molecular weight excluding hydrogens is 509 g/mol. The Kier molecular flexibility index (Phi) is 24.7. The van der Waals surface area contributed by atoms with E-state index in [1.54, 1.807) is 6.92 Å². The van der Waals surface area contributed by atoms with Crippen molar-refractivity contribution in [3.05, 3.63) is 24.3 Å². The van der Waals surface area contributed by atoms with E-state index < -0.39 is 26.5 Å². The summed E-state index contributed by atoms with van der Waals surface area (Å²) in [6, 6.07) is 0. The van der Waals surface area contributed by atoms with Gasteiger partial charge in [0.2, 0.25) is 5.91 Å². The molecule has 1 amide bonds. The van der Waals surface area contributed by atoms with Crippen molar-refractivity contribution < 1.29 is 37.9 Å². The Morgan fingerprint density at radius 3 is 2.08 bits per heavy atom. The minimum absolute atomic E-state index is 0.0654. The second-order valence-corrected chi connectivity index (χ2v) is 10.8. The average Bonchev–Trinajstić information content (AvgIpc) is 2.90. The van der Waals surface area contributed by atoms with Gasteiger partial charge in [-0.2, -0.15) is 0 Å². The standard InChI is InChI=1S/C28H52NO8P/c1-3-5-6-7-8-9-10-11-12-13-14-15-16-17-18-19-20-21-28(32)35-24-26(30)25-37-38(33,34)36-23-22-29-27(31)4-2/h8-9,11-12,26,30H,3-7,10,13-25H2,1-2H3,(H,29,31)(H,33,34)/b9-8-,12-11-. The van der Waals surface area contributed by atoms with Gasteiger partial charge < -0.3 is 20.1 Å². The van der Waals surface area contributed by atoms with Crippen molar-refractivity contribution in [2.24, 2.45) is 0 Å². The van der Waals surface area contributed by atoms with Crippen LogP contribution in [-0.2, 0) is 27.9 Å². The number of carbonyl (C=O) groups excluding carboxylic acids is 2. The number of phosphoric acid groups is 1. The third-order valence-electron chi connectivity index (χ3n) is 5.70. The van der Waals surface area contributed by atoms with Crippen molar-refractivity contribution >= 4 is 19.7 Å². The highest BCUT2D eigenvalue weighted by Crippen LogP contribution is 2.42. The maximum Gasteiger partial charge on any atom is 0.472 e. The first-order valence-electron chi connectivity index (χ1n) is 14.3. The van der Waals surface area contributed by atoms with Crippen molar-refractivity contribution in [2.75, 3.05) is 26.4 Å². The number of rotatable bonds is 26. The van der Waals surface area contributed by atoms with Crippen LogP contribution in [0.2, 0.25) is 0 Å². The van der Waals surface area contributed by atoms with Gasteiger partial charge in [-0.1, -0.05) is 83.1 Å². The van der Waals surface area contributed by atoms with E-state index in [2.05, 4.69) is 41.1 Å². The number of carbonyl (C=O) groups is 2. The molecule has 0 fully saturated rings. The Balaban J connectivity index is 3.58. The Labute approximate surface area is 230 Å². The summed E-state index contributed by atoms with van der Waals surface area (Å²) in [5.41, 5.74) is 0. The van der Waals surface area contributed by atoms with Crippen LogP contribution in [0, 0.1) is 0 Å². The molecule has 9 nitrogen and oxygen atoms in total. The van der Waals surface area contributed by atoms with E-state index in [0.29, 0.717) is 6.42 Å². The van der Waals surface area contributed by atoms with Crippen LogP contribution in [0.5, 0.6) is 0 Å². The minimum atomic E-state index is -4.37. The van der Waals surface area contributed by atoms with Crippen molar-refractivity contribution in [1.82, 2.24) is 5.32 Å². The molecule has 0 aliphatic rings. The summed E-state index contributed by atoms with van der Waals surface area (Å²) in [6.07, 6.45) is 23.2. The molecule has 2 atom stereocenters. The van der Waals surface area contributed by atoms with E-state index in [9.17, 15) is 24.2 Å². The second kappa shape index (κ2) is 25.8. The Morgan fingerprint density at radius 2 is 1.45 bits per heavy atom. The van der Waals surface area contributed by atoms with Crippen LogP contribution in [0.25, 0.3) is 0 Å². The lowest BCUT2D eigenvalue weighted by Crippen LogP contribution is -2.26. The van der Waals surface area contributed by atoms with Crippen molar-refractivity contribution in [1.29, 1.82) is 0 Å². The van der Waals surface area contributed by atoms with Crippen LogP contribution >= 0.6 is 7.82 Å². The van der Waals surface area contributed by atoms with Gasteiger partial charge >= 0.3 is 13.8 Å². The molecule has 0 bridgehead atoms. The van der Waals surface area contributed by atoms with E-state index >= 15 is 0 Å². The number of esters is 1. The van der Waals surface area contributed by atoms with Gasteiger partial charge in [0.25, 0.3) is 0 Å². The number of allylic oxidation sites excluding steroid dienone is 4. The van der Waals surface area contributed by atoms with Crippen LogP contribution in [0.1, 0.15) is 110 Å². The molecule has 10 heteroatoms. The molecule has 0 aromatic carbocycles. The fourth-order valence-corrected chi connectivity index (χ4v) is 4.19. The summed E-state index contributed by atoms with van der Waals surface area (Å²) in [5, 5.41) is 12.3. The van der Waals surface area contributed by atoms with Gasteiger partial charge in [0, 0.05) is 19.4 Å². The zero-order valence-corrected chi connectivity index (χ0v) is 24.5. The Morgan fingerprint density at radius 1 is 0.842 bits per heavy atom. The highest BCUT2D eigenvalue weighted by molar-refractivity contribution is 7.47. The fraction of sp³-hybridized carbons (Fsp3) is 0.786. The first kappa shape index (κ1) is 36.5. The Bertz CT molecular complexity index is 698. The normalized spacial score (nSPS) is 14.1. The van der Waals surface area contributed by atoms with E-state index in [4.69, 9.17) is 9.26 Å². The van der Waals surface area contributed by atoms with Gasteiger partial charge in [-0.3, -0.25) is 18.6 Å². The number of aliphatic hydroxyl groups is 1. The zero-order valence-electron chi connectivity index (χ0n) is 23.6.